The van der Waals surface area contributed by atoms with Crippen LogP contribution in [0.15, 0.2) is 0 Å². The largest absolute Gasteiger partial charge is 0.364 e. The number of aromatic nitrogens is 2. The van der Waals surface area contributed by atoms with Crippen molar-refractivity contribution in [1.82, 2.24) is 15.1 Å². The fourth-order valence-corrected chi connectivity index (χ4v) is 1.88. The molecule has 0 bridgehead atoms. The lowest BCUT2D eigenvalue weighted by Gasteiger charge is -2.10. The summed E-state index contributed by atoms with van der Waals surface area (Å²) in [6, 6.07) is 0.0836. The van der Waals surface area contributed by atoms with Gasteiger partial charge in [0.05, 0.1) is 4.92 Å². The van der Waals surface area contributed by atoms with Crippen LogP contribution in [0.5, 0.6) is 0 Å². The predicted molar refractivity (Wildman–Crippen MR) is 75.7 cm³/mol. The number of carbonyl (C=O) groups excluding carboxylic acids is 1. The molecule has 1 rings (SSSR count). The number of anilines is 1. The maximum Gasteiger partial charge on any atom is 0.333 e. The number of nitrogens with one attached hydrogen (secondary N) is 2. The van der Waals surface area contributed by atoms with Crippen molar-refractivity contribution >= 4 is 17.4 Å². The van der Waals surface area contributed by atoms with Crippen LogP contribution in [0.2, 0.25) is 0 Å². The van der Waals surface area contributed by atoms with Gasteiger partial charge < -0.3 is 10.6 Å². The van der Waals surface area contributed by atoms with Gasteiger partial charge in [-0.2, -0.15) is 5.10 Å². The van der Waals surface area contributed by atoms with Crippen LogP contribution in [0.25, 0.3) is 0 Å². The summed E-state index contributed by atoms with van der Waals surface area (Å²) in [6.07, 6.45) is 0.253. The van der Waals surface area contributed by atoms with Gasteiger partial charge in [0.1, 0.15) is 5.69 Å². The average Bonchev–Trinajstić information content (AvgIpc) is 2.64. The number of rotatable bonds is 7. The van der Waals surface area contributed by atoms with E-state index in [1.807, 2.05) is 20.8 Å². The second-order valence-corrected chi connectivity index (χ2v) is 4.75. The summed E-state index contributed by atoms with van der Waals surface area (Å²) in [5.74, 6) is 0.266. The van der Waals surface area contributed by atoms with Crippen LogP contribution in [0.1, 0.15) is 32.9 Å². The molecule has 0 radical (unpaired) electrons. The molecular weight excluding hydrogens is 262 g/mol. The highest BCUT2D eigenvalue weighted by Crippen LogP contribution is 2.27. The highest BCUT2D eigenvalue weighted by atomic mass is 16.6. The first-order chi connectivity index (χ1) is 9.36. The zero-order valence-corrected chi connectivity index (χ0v) is 12.3. The first-order valence-electron chi connectivity index (χ1n) is 6.61. The van der Waals surface area contributed by atoms with Crippen molar-refractivity contribution in [2.75, 3.05) is 11.9 Å². The Labute approximate surface area is 117 Å². The third kappa shape index (κ3) is 3.94. The third-order valence-electron chi connectivity index (χ3n) is 2.67. The number of amides is 1. The molecular formula is C12H21N5O3. The molecule has 0 aromatic carbocycles. The van der Waals surface area contributed by atoms with E-state index in [0.717, 1.165) is 0 Å². The van der Waals surface area contributed by atoms with Crippen molar-refractivity contribution in [3.8, 4) is 0 Å². The van der Waals surface area contributed by atoms with E-state index < -0.39 is 4.92 Å². The van der Waals surface area contributed by atoms with Gasteiger partial charge in [0, 0.05) is 25.6 Å². The van der Waals surface area contributed by atoms with Crippen LogP contribution in [0.3, 0.4) is 0 Å². The Morgan fingerprint density at radius 2 is 2.15 bits per heavy atom. The SMILES string of the molecule is CCn1nc(C)c([N+](=O)[O-])c1NCCC(=O)NC(C)C. The molecule has 0 atom stereocenters. The Bertz CT molecular complexity index is 496. The number of nitrogens with zero attached hydrogens (tertiary/aromatic N) is 3. The van der Waals surface area contributed by atoms with E-state index in [1.165, 1.54) is 4.68 Å². The van der Waals surface area contributed by atoms with E-state index in [0.29, 0.717) is 24.6 Å². The molecule has 8 heteroatoms. The lowest BCUT2D eigenvalue weighted by atomic mass is 10.3. The van der Waals surface area contributed by atoms with Gasteiger partial charge in [0.15, 0.2) is 0 Å². The van der Waals surface area contributed by atoms with Gasteiger partial charge in [-0.25, -0.2) is 4.68 Å². The molecule has 112 valence electrons. The third-order valence-corrected chi connectivity index (χ3v) is 2.67. The number of aryl methyl sites for hydroxylation is 2. The number of hydrogen-bond acceptors (Lipinski definition) is 5. The normalized spacial score (nSPS) is 10.7. The predicted octanol–water partition coefficient (Wildman–Crippen LogP) is 1.45. The second-order valence-electron chi connectivity index (χ2n) is 4.75. The van der Waals surface area contributed by atoms with Gasteiger partial charge >= 0.3 is 5.69 Å². The van der Waals surface area contributed by atoms with Crippen LogP contribution in [0.4, 0.5) is 11.5 Å². The molecule has 2 N–H and O–H groups in total. The second kappa shape index (κ2) is 6.88. The minimum atomic E-state index is -0.453. The summed E-state index contributed by atoms with van der Waals surface area (Å²) in [4.78, 5) is 22.1. The molecule has 0 saturated carbocycles. The van der Waals surface area contributed by atoms with E-state index in [4.69, 9.17) is 0 Å². The molecule has 0 fully saturated rings. The lowest BCUT2D eigenvalue weighted by molar-refractivity contribution is -0.384. The summed E-state index contributed by atoms with van der Waals surface area (Å²) in [5.41, 5.74) is 0.335. The molecule has 1 amide bonds. The highest BCUT2D eigenvalue weighted by molar-refractivity contribution is 5.76. The highest BCUT2D eigenvalue weighted by Gasteiger charge is 2.24. The molecule has 1 heterocycles. The first-order valence-corrected chi connectivity index (χ1v) is 6.61. The van der Waals surface area contributed by atoms with Crippen LogP contribution in [-0.2, 0) is 11.3 Å². The van der Waals surface area contributed by atoms with Gasteiger partial charge in [0.25, 0.3) is 0 Å². The van der Waals surface area contributed by atoms with Crippen molar-refractivity contribution < 1.29 is 9.72 Å². The minimum absolute atomic E-state index is 0.0314. The van der Waals surface area contributed by atoms with E-state index in [-0.39, 0.29) is 24.1 Å². The summed E-state index contributed by atoms with van der Waals surface area (Å²) >= 11 is 0. The molecule has 1 aromatic rings. The molecule has 0 aliphatic heterocycles. The average molecular weight is 283 g/mol. The fourth-order valence-electron chi connectivity index (χ4n) is 1.88. The van der Waals surface area contributed by atoms with Crippen LogP contribution in [0, 0.1) is 17.0 Å². The van der Waals surface area contributed by atoms with Crippen LogP contribution in [-0.4, -0.2) is 33.2 Å². The smallest absolute Gasteiger partial charge is 0.333 e. The Balaban J connectivity index is 2.72. The van der Waals surface area contributed by atoms with Gasteiger partial charge in [0.2, 0.25) is 11.7 Å². The van der Waals surface area contributed by atoms with E-state index in [9.17, 15) is 14.9 Å². The Kier molecular flexibility index (Phi) is 5.48. The zero-order valence-electron chi connectivity index (χ0n) is 12.3. The van der Waals surface area contributed by atoms with Crippen LogP contribution < -0.4 is 10.6 Å². The summed E-state index contributed by atoms with van der Waals surface area (Å²) in [7, 11) is 0. The summed E-state index contributed by atoms with van der Waals surface area (Å²) < 4.78 is 1.54. The van der Waals surface area contributed by atoms with E-state index in [1.54, 1.807) is 6.92 Å². The fraction of sp³-hybridized carbons (Fsp3) is 0.667. The standard InChI is InChI=1S/C12H21N5O3/c1-5-16-12(11(17(19)20)9(4)15-16)13-7-6-10(18)14-8(2)3/h8,13H,5-7H2,1-4H3,(H,14,18). The van der Waals surface area contributed by atoms with Crippen molar-refractivity contribution in [3.05, 3.63) is 15.8 Å². The quantitative estimate of drug-likeness (QED) is 0.582. The van der Waals surface area contributed by atoms with Crippen molar-refractivity contribution in [2.24, 2.45) is 0 Å². The lowest BCUT2D eigenvalue weighted by Crippen LogP contribution is -2.31. The van der Waals surface area contributed by atoms with Crippen molar-refractivity contribution in [2.45, 2.75) is 46.7 Å². The van der Waals surface area contributed by atoms with Crippen molar-refractivity contribution in [1.29, 1.82) is 0 Å². The number of hydrogen-bond donors (Lipinski definition) is 2. The van der Waals surface area contributed by atoms with Gasteiger partial charge in [-0.15, -0.1) is 0 Å². The molecule has 0 spiro atoms. The van der Waals surface area contributed by atoms with E-state index in [2.05, 4.69) is 15.7 Å². The topological polar surface area (TPSA) is 102 Å². The zero-order chi connectivity index (χ0) is 15.3. The van der Waals surface area contributed by atoms with Gasteiger partial charge in [-0.1, -0.05) is 0 Å². The maximum atomic E-state index is 11.5. The molecule has 8 nitrogen and oxygen atoms in total. The molecule has 0 aliphatic rings. The van der Waals surface area contributed by atoms with Gasteiger partial charge in [-0.05, 0) is 27.7 Å². The minimum Gasteiger partial charge on any atom is -0.364 e. The molecule has 20 heavy (non-hydrogen) atoms. The molecule has 0 unspecified atom stereocenters. The summed E-state index contributed by atoms with van der Waals surface area (Å²) in [6.45, 7) is 8.06. The molecule has 0 aliphatic carbocycles. The van der Waals surface area contributed by atoms with Crippen LogP contribution >= 0.6 is 0 Å². The van der Waals surface area contributed by atoms with Gasteiger partial charge in [-0.3, -0.25) is 14.9 Å². The Morgan fingerprint density at radius 1 is 1.50 bits per heavy atom. The van der Waals surface area contributed by atoms with E-state index >= 15 is 0 Å². The Hall–Kier alpha value is -2.12. The number of carbonyl (C=O) groups is 1. The monoisotopic (exact) mass is 283 g/mol. The maximum absolute atomic E-state index is 11.5. The first kappa shape index (κ1) is 15.9. The molecule has 0 saturated heterocycles. The Morgan fingerprint density at radius 3 is 2.65 bits per heavy atom. The summed E-state index contributed by atoms with van der Waals surface area (Å²) in [5, 5.41) is 20.9. The van der Waals surface area contributed by atoms with Crippen molar-refractivity contribution in [3.63, 3.8) is 0 Å². The number of nitro groups is 1. The molecule has 1 aromatic heterocycles.